The van der Waals surface area contributed by atoms with E-state index in [4.69, 9.17) is 0 Å². The van der Waals surface area contributed by atoms with Crippen LogP contribution < -0.4 is 5.32 Å². The van der Waals surface area contributed by atoms with Gasteiger partial charge in [-0.2, -0.15) is 0 Å². The Morgan fingerprint density at radius 3 is 2.83 bits per heavy atom. The van der Waals surface area contributed by atoms with Crippen molar-refractivity contribution in [1.29, 1.82) is 0 Å². The van der Waals surface area contributed by atoms with Crippen LogP contribution in [-0.2, 0) is 13.0 Å². The summed E-state index contributed by atoms with van der Waals surface area (Å²) in [6.07, 6.45) is 3.74. The van der Waals surface area contributed by atoms with Gasteiger partial charge in [-0.05, 0) is 50.4 Å². The minimum absolute atomic E-state index is 0.593. The quantitative estimate of drug-likeness (QED) is 0.859. The molecule has 1 heterocycles. The van der Waals surface area contributed by atoms with Crippen LogP contribution in [0.4, 0.5) is 0 Å². The van der Waals surface area contributed by atoms with E-state index in [9.17, 15) is 0 Å². The van der Waals surface area contributed by atoms with E-state index in [0.717, 1.165) is 19.6 Å². The maximum absolute atomic E-state index is 3.58. The summed E-state index contributed by atoms with van der Waals surface area (Å²) in [5, 5.41) is 3.58. The summed E-state index contributed by atoms with van der Waals surface area (Å²) in [7, 11) is 0. The highest BCUT2D eigenvalue weighted by Crippen LogP contribution is 2.18. The van der Waals surface area contributed by atoms with E-state index < -0.39 is 0 Å². The lowest BCUT2D eigenvalue weighted by atomic mass is 10.0. The van der Waals surface area contributed by atoms with Crippen molar-refractivity contribution in [3.05, 3.63) is 35.4 Å². The van der Waals surface area contributed by atoms with Gasteiger partial charge in [0.15, 0.2) is 0 Å². The molecule has 0 amide bonds. The number of hydrogen-bond donors (Lipinski definition) is 1. The molecule has 2 rings (SSSR count). The summed E-state index contributed by atoms with van der Waals surface area (Å²) in [4.78, 5) is 2.60. The third-order valence-corrected chi connectivity index (χ3v) is 3.71. The van der Waals surface area contributed by atoms with Gasteiger partial charge < -0.3 is 5.32 Å². The fraction of sp³-hybridized carbons (Fsp3) is 0.625. The van der Waals surface area contributed by atoms with Gasteiger partial charge in [-0.1, -0.05) is 31.2 Å². The van der Waals surface area contributed by atoms with E-state index in [1.807, 2.05) is 0 Å². The van der Waals surface area contributed by atoms with Crippen molar-refractivity contribution < 1.29 is 0 Å². The fourth-order valence-electron chi connectivity index (χ4n) is 2.77. The summed E-state index contributed by atoms with van der Waals surface area (Å²) in [6, 6.07) is 9.51. The molecular weight excluding hydrogens is 220 g/mol. The summed E-state index contributed by atoms with van der Waals surface area (Å²) in [6.45, 7) is 9.16. The van der Waals surface area contributed by atoms with Crippen LogP contribution in [-0.4, -0.2) is 30.6 Å². The molecule has 0 saturated heterocycles. The largest absolute Gasteiger partial charge is 0.313 e. The van der Waals surface area contributed by atoms with Gasteiger partial charge in [-0.15, -0.1) is 0 Å². The third kappa shape index (κ3) is 3.82. The number of nitrogens with zero attached hydrogens (tertiary/aromatic N) is 1. The Morgan fingerprint density at radius 2 is 2.06 bits per heavy atom. The van der Waals surface area contributed by atoms with Gasteiger partial charge in [-0.25, -0.2) is 0 Å². The highest BCUT2D eigenvalue weighted by atomic mass is 15.1. The Kier molecular flexibility index (Phi) is 5.21. The van der Waals surface area contributed by atoms with Crippen LogP contribution in [0.25, 0.3) is 0 Å². The maximum Gasteiger partial charge on any atom is 0.0237 e. The number of nitrogens with one attached hydrogen (secondary N) is 1. The molecule has 1 unspecified atom stereocenters. The molecule has 1 aliphatic rings. The van der Waals surface area contributed by atoms with Crippen molar-refractivity contribution in [2.75, 3.05) is 19.6 Å². The average molecular weight is 246 g/mol. The Labute approximate surface area is 111 Å². The molecule has 1 atom stereocenters. The Hall–Kier alpha value is -0.860. The second-order valence-electron chi connectivity index (χ2n) is 5.46. The molecule has 1 aliphatic heterocycles. The maximum atomic E-state index is 3.58. The van der Waals surface area contributed by atoms with E-state index >= 15 is 0 Å². The first-order chi connectivity index (χ1) is 8.79. The molecule has 0 aromatic heterocycles. The smallest absolute Gasteiger partial charge is 0.0237 e. The standard InChI is InChI=1S/C16H26N2/c1-3-10-17-14(2)12-18-11-6-9-15-7-4-5-8-16(15)13-18/h4-5,7-8,14,17H,3,6,9-13H2,1-2H3. The van der Waals surface area contributed by atoms with Gasteiger partial charge in [0.05, 0.1) is 0 Å². The van der Waals surface area contributed by atoms with Crippen LogP contribution in [0.5, 0.6) is 0 Å². The van der Waals surface area contributed by atoms with Crippen molar-refractivity contribution in [3.8, 4) is 0 Å². The number of hydrogen-bond acceptors (Lipinski definition) is 2. The number of aryl methyl sites for hydroxylation is 1. The highest BCUT2D eigenvalue weighted by Gasteiger charge is 2.15. The fourth-order valence-corrected chi connectivity index (χ4v) is 2.77. The minimum Gasteiger partial charge on any atom is -0.313 e. The zero-order valence-corrected chi connectivity index (χ0v) is 11.8. The monoisotopic (exact) mass is 246 g/mol. The molecule has 0 fully saturated rings. The lowest BCUT2D eigenvalue weighted by Gasteiger charge is -2.25. The molecular formula is C16H26N2. The number of rotatable bonds is 5. The minimum atomic E-state index is 0.593. The van der Waals surface area contributed by atoms with Gasteiger partial charge >= 0.3 is 0 Å². The van der Waals surface area contributed by atoms with Gasteiger partial charge in [0.1, 0.15) is 0 Å². The first kappa shape index (κ1) is 13.6. The topological polar surface area (TPSA) is 15.3 Å². The molecule has 1 aromatic rings. The van der Waals surface area contributed by atoms with Crippen molar-refractivity contribution in [3.63, 3.8) is 0 Å². The Bertz CT molecular complexity index is 362. The van der Waals surface area contributed by atoms with Gasteiger partial charge in [-0.3, -0.25) is 4.90 Å². The SMILES string of the molecule is CCCNC(C)CN1CCCc2ccccc2C1. The molecule has 0 aliphatic carbocycles. The normalized spacial score (nSPS) is 18.1. The Morgan fingerprint density at radius 1 is 1.28 bits per heavy atom. The first-order valence-electron chi connectivity index (χ1n) is 7.32. The zero-order chi connectivity index (χ0) is 12.8. The van der Waals surface area contributed by atoms with Crippen LogP contribution >= 0.6 is 0 Å². The molecule has 0 bridgehead atoms. The summed E-state index contributed by atoms with van der Waals surface area (Å²) < 4.78 is 0. The molecule has 0 spiro atoms. The number of benzene rings is 1. The average Bonchev–Trinajstić information content (AvgIpc) is 2.57. The summed E-state index contributed by atoms with van der Waals surface area (Å²) in [5.41, 5.74) is 3.08. The van der Waals surface area contributed by atoms with E-state index in [0.29, 0.717) is 6.04 Å². The van der Waals surface area contributed by atoms with Crippen LogP contribution in [0.1, 0.15) is 37.8 Å². The van der Waals surface area contributed by atoms with E-state index in [2.05, 4.69) is 48.3 Å². The molecule has 0 saturated carbocycles. The third-order valence-electron chi connectivity index (χ3n) is 3.71. The van der Waals surface area contributed by atoms with E-state index in [1.165, 1.54) is 31.4 Å². The molecule has 100 valence electrons. The predicted molar refractivity (Wildman–Crippen MR) is 77.8 cm³/mol. The molecule has 2 heteroatoms. The van der Waals surface area contributed by atoms with Gasteiger partial charge in [0, 0.05) is 19.1 Å². The molecule has 1 aromatic carbocycles. The van der Waals surface area contributed by atoms with Crippen LogP contribution in [0.15, 0.2) is 24.3 Å². The summed E-state index contributed by atoms with van der Waals surface area (Å²) in [5.74, 6) is 0. The van der Waals surface area contributed by atoms with Crippen molar-refractivity contribution >= 4 is 0 Å². The van der Waals surface area contributed by atoms with Crippen LogP contribution in [0, 0.1) is 0 Å². The van der Waals surface area contributed by atoms with E-state index in [-0.39, 0.29) is 0 Å². The van der Waals surface area contributed by atoms with Gasteiger partial charge in [0.2, 0.25) is 0 Å². The first-order valence-corrected chi connectivity index (χ1v) is 7.32. The van der Waals surface area contributed by atoms with Crippen molar-refractivity contribution in [1.82, 2.24) is 10.2 Å². The molecule has 1 N–H and O–H groups in total. The molecule has 0 radical (unpaired) electrons. The second kappa shape index (κ2) is 6.91. The molecule has 2 nitrogen and oxygen atoms in total. The van der Waals surface area contributed by atoms with Gasteiger partial charge in [0.25, 0.3) is 0 Å². The second-order valence-corrected chi connectivity index (χ2v) is 5.46. The highest BCUT2D eigenvalue weighted by molar-refractivity contribution is 5.28. The van der Waals surface area contributed by atoms with E-state index in [1.54, 1.807) is 5.56 Å². The van der Waals surface area contributed by atoms with Crippen molar-refractivity contribution in [2.45, 2.75) is 45.7 Å². The Balaban J connectivity index is 1.91. The van der Waals surface area contributed by atoms with Crippen LogP contribution in [0.3, 0.4) is 0 Å². The lowest BCUT2D eigenvalue weighted by Crippen LogP contribution is -2.39. The molecule has 18 heavy (non-hydrogen) atoms. The summed E-state index contributed by atoms with van der Waals surface area (Å²) >= 11 is 0. The van der Waals surface area contributed by atoms with Crippen molar-refractivity contribution in [2.24, 2.45) is 0 Å². The van der Waals surface area contributed by atoms with Crippen LogP contribution in [0.2, 0.25) is 0 Å². The predicted octanol–water partition coefficient (Wildman–Crippen LogP) is 2.82. The lowest BCUT2D eigenvalue weighted by molar-refractivity contribution is 0.243. The zero-order valence-electron chi connectivity index (χ0n) is 11.8. The number of fused-ring (bicyclic) bond motifs is 1.